The Labute approximate surface area is 216 Å². The zero-order valence-corrected chi connectivity index (χ0v) is 21.8. The SMILES string of the molecule is Cn1nnnc1SCC1=C(OC(=O)O)N2C(=O)[C@@H](NC(=O)[C@H](NS(C)(=O)=O)c3csc(N)n3)[C@@H]2SC1. The molecule has 2 aliphatic rings. The Bertz CT molecular complexity index is 1340. The zero-order valence-electron chi connectivity index (χ0n) is 18.5. The van der Waals surface area contributed by atoms with E-state index in [-0.39, 0.29) is 22.5 Å². The molecule has 2 amide bonds. The number of thiazole rings is 1. The lowest BCUT2D eigenvalue weighted by molar-refractivity contribution is -0.149. The first-order valence-corrected chi connectivity index (χ1v) is 14.7. The van der Waals surface area contributed by atoms with E-state index >= 15 is 0 Å². The number of carboxylic acid groups (broad SMARTS) is 1. The van der Waals surface area contributed by atoms with Gasteiger partial charge in [-0.2, -0.15) is 4.72 Å². The van der Waals surface area contributed by atoms with Crippen molar-refractivity contribution in [2.24, 2.45) is 7.05 Å². The molecule has 1 fully saturated rings. The van der Waals surface area contributed by atoms with Crippen LogP contribution < -0.4 is 15.8 Å². The molecular formula is C16H19N9O7S4. The highest BCUT2D eigenvalue weighted by Crippen LogP contribution is 2.42. The van der Waals surface area contributed by atoms with E-state index in [9.17, 15) is 27.9 Å². The van der Waals surface area contributed by atoms with Gasteiger partial charge in [-0.05, 0) is 10.4 Å². The third-order valence-corrected chi connectivity index (χ3v) is 8.65. The molecule has 0 spiro atoms. The molecule has 0 bridgehead atoms. The normalized spacial score (nSPS) is 20.5. The number of nitrogen functional groups attached to an aromatic ring is 1. The van der Waals surface area contributed by atoms with Gasteiger partial charge >= 0.3 is 6.16 Å². The lowest BCUT2D eigenvalue weighted by Crippen LogP contribution is -2.70. The first-order chi connectivity index (χ1) is 16.9. The second kappa shape index (κ2) is 10.2. The maximum absolute atomic E-state index is 13.0. The number of thioether (sulfide) groups is 2. The largest absolute Gasteiger partial charge is 0.512 e. The molecule has 0 saturated carbocycles. The van der Waals surface area contributed by atoms with Crippen LogP contribution in [-0.2, 0) is 31.4 Å². The van der Waals surface area contributed by atoms with Crippen molar-refractivity contribution in [1.82, 2.24) is 40.1 Å². The fourth-order valence-corrected chi connectivity index (χ4v) is 6.88. The monoisotopic (exact) mass is 577 g/mol. The second-order valence-electron chi connectivity index (χ2n) is 7.48. The Hall–Kier alpha value is -2.94. The number of carbonyl (C=O) groups is 3. The topological polar surface area (TPSA) is 225 Å². The van der Waals surface area contributed by atoms with Crippen molar-refractivity contribution >= 4 is 68.0 Å². The highest BCUT2D eigenvalue weighted by Gasteiger charge is 2.54. The quantitative estimate of drug-likeness (QED) is 0.158. The molecule has 4 heterocycles. The summed E-state index contributed by atoms with van der Waals surface area (Å²) in [5.41, 5.74) is 6.22. The second-order valence-corrected chi connectivity index (χ2v) is 12.2. The fraction of sp³-hybridized carbons (Fsp3) is 0.438. The highest BCUT2D eigenvalue weighted by atomic mass is 32.2. The Morgan fingerprint density at radius 3 is 2.78 bits per heavy atom. The standard InChI is InChI=1S/C16H19N9O7S4/c1-24-15(20-22-23-24)35-4-6-3-33-13-9(11(27)25(13)12(6)32-16(28)29)19-10(26)8(21-36(2,30)31)7-5-34-14(17)18-7/h5,8-9,13,21H,3-4H2,1-2H3,(H2,17,18)(H,19,26)(H,28,29)/t8-,9-,13+/m1/s1. The molecule has 20 heteroatoms. The fourth-order valence-electron chi connectivity index (χ4n) is 3.34. The summed E-state index contributed by atoms with van der Waals surface area (Å²) in [5, 5.41) is 24.2. The van der Waals surface area contributed by atoms with Gasteiger partial charge < -0.3 is 20.9 Å². The molecule has 2 aliphatic heterocycles. The van der Waals surface area contributed by atoms with Gasteiger partial charge in [-0.15, -0.1) is 28.2 Å². The van der Waals surface area contributed by atoms with Crippen LogP contribution in [0.1, 0.15) is 11.7 Å². The maximum atomic E-state index is 13.0. The summed E-state index contributed by atoms with van der Waals surface area (Å²) >= 11 is 3.54. The number of aryl methyl sites for hydroxylation is 1. The van der Waals surface area contributed by atoms with Crippen LogP contribution >= 0.6 is 34.9 Å². The van der Waals surface area contributed by atoms with E-state index in [1.54, 1.807) is 7.05 Å². The number of nitrogens with zero attached hydrogens (tertiary/aromatic N) is 6. The number of β-lactam (4-membered cyclic amide) rings is 1. The predicted octanol–water partition coefficient (Wildman–Crippen LogP) is -1.06. The number of sulfonamides is 1. The van der Waals surface area contributed by atoms with Crippen molar-refractivity contribution in [3.8, 4) is 0 Å². The number of ether oxygens (including phenoxy) is 1. The van der Waals surface area contributed by atoms with Gasteiger partial charge in [0.25, 0.3) is 5.91 Å². The average Bonchev–Trinajstić information content (AvgIpc) is 3.41. The number of aromatic nitrogens is 5. The Kier molecular flexibility index (Phi) is 7.41. The van der Waals surface area contributed by atoms with Crippen LogP contribution in [0.2, 0.25) is 0 Å². The number of tetrazole rings is 1. The first-order valence-electron chi connectivity index (χ1n) is 9.86. The number of nitrogens with one attached hydrogen (secondary N) is 2. The smallest absolute Gasteiger partial charge is 0.449 e. The molecule has 2 aromatic rings. The van der Waals surface area contributed by atoms with Crippen LogP contribution in [0.5, 0.6) is 0 Å². The van der Waals surface area contributed by atoms with E-state index in [1.165, 1.54) is 33.6 Å². The third kappa shape index (κ3) is 5.56. The van der Waals surface area contributed by atoms with E-state index in [1.807, 2.05) is 0 Å². The van der Waals surface area contributed by atoms with Gasteiger partial charge in [0, 0.05) is 29.5 Å². The molecular weight excluding hydrogens is 559 g/mol. The maximum Gasteiger partial charge on any atom is 0.512 e. The van der Waals surface area contributed by atoms with Crippen LogP contribution in [0, 0.1) is 0 Å². The van der Waals surface area contributed by atoms with E-state index in [0.29, 0.717) is 16.5 Å². The van der Waals surface area contributed by atoms with Gasteiger partial charge in [0.05, 0.1) is 11.9 Å². The van der Waals surface area contributed by atoms with Gasteiger partial charge in [0.15, 0.2) is 5.13 Å². The Morgan fingerprint density at radius 1 is 1.44 bits per heavy atom. The summed E-state index contributed by atoms with van der Waals surface area (Å²) in [4.78, 5) is 42.4. The molecule has 36 heavy (non-hydrogen) atoms. The summed E-state index contributed by atoms with van der Waals surface area (Å²) < 4.78 is 32.2. The summed E-state index contributed by atoms with van der Waals surface area (Å²) in [7, 11) is -2.18. The third-order valence-electron chi connectivity index (χ3n) is 4.86. The van der Waals surface area contributed by atoms with E-state index in [4.69, 9.17) is 10.5 Å². The number of amides is 2. The first kappa shape index (κ1) is 26.1. The predicted molar refractivity (Wildman–Crippen MR) is 128 cm³/mol. The van der Waals surface area contributed by atoms with E-state index in [2.05, 4.69) is 30.5 Å². The molecule has 16 nitrogen and oxygen atoms in total. The van der Waals surface area contributed by atoms with Crippen LogP contribution in [0.4, 0.5) is 9.93 Å². The number of hydrogen-bond donors (Lipinski definition) is 4. The van der Waals surface area contributed by atoms with Crippen molar-refractivity contribution in [2.75, 3.05) is 23.5 Å². The lowest BCUT2D eigenvalue weighted by Gasteiger charge is -2.49. The number of nitrogens with two attached hydrogens (primary N) is 1. The Morgan fingerprint density at radius 2 is 2.19 bits per heavy atom. The molecule has 0 aromatic carbocycles. The van der Waals surface area contributed by atoms with Crippen LogP contribution in [0.3, 0.4) is 0 Å². The summed E-state index contributed by atoms with van der Waals surface area (Å²) in [6, 6.07) is -2.46. The van der Waals surface area contributed by atoms with Crippen molar-refractivity contribution in [3.63, 3.8) is 0 Å². The van der Waals surface area contributed by atoms with E-state index < -0.39 is 45.5 Å². The average molecular weight is 578 g/mol. The molecule has 0 unspecified atom stereocenters. The molecule has 5 N–H and O–H groups in total. The molecule has 3 atom stereocenters. The van der Waals surface area contributed by atoms with Gasteiger partial charge in [-0.25, -0.2) is 22.9 Å². The van der Waals surface area contributed by atoms with E-state index in [0.717, 1.165) is 22.5 Å². The molecule has 0 radical (unpaired) electrons. The van der Waals surface area contributed by atoms with Crippen LogP contribution in [0.15, 0.2) is 22.0 Å². The van der Waals surface area contributed by atoms with Crippen molar-refractivity contribution in [2.45, 2.75) is 22.6 Å². The minimum absolute atomic E-state index is 0.0766. The number of hydrogen-bond acceptors (Lipinski definition) is 14. The number of carbonyl (C=O) groups excluding carboxylic acids is 2. The molecule has 1 saturated heterocycles. The number of rotatable bonds is 9. The van der Waals surface area contributed by atoms with Crippen molar-refractivity contribution < 1.29 is 32.6 Å². The summed E-state index contributed by atoms with van der Waals surface area (Å²) in [6.45, 7) is 0. The van der Waals surface area contributed by atoms with Crippen LogP contribution in [0.25, 0.3) is 0 Å². The lowest BCUT2D eigenvalue weighted by atomic mass is 10.1. The van der Waals surface area contributed by atoms with Crippen molar-refractivity contribution in [3.05, 3.63) is 22.5 Å². The molecule has 2 aromatic heterocycles. The minimum Gasteiger partial charge on any atom is -0.449 e. The molecule has 4 rings (SSSR count). The van der Waals surface area contributed by atoms with Gasteiger partial charge in [-0.3, -0.25) is 14.5 Å². The number of fused-ring (bicyclic) bond motifs is 1. The van der Waals surface area contributed by atoms with Crippen LogP contribution in [-0.4, -0.2) is 90.8 Å². The minimum atomic E-state index is -3.82. The summed E-state index contributed by atoms with van der Waals surface area (Å²) in [5.74, 6) is -1.01. The van der Waals surface area contributed by atoms with Gasteiger partial charge in [0.2, 0.25) is 27.0 Å². The van der Waals surface area contributed by atoms with Gasteiger partial charge in [-0.1, -0.05) is 11.8 Å². The molecule has 0 aliphatic carbocycles. The zero-order chi connectivity index (χ0) is 26.2. The number of anilines is 1. The highest BCUT2D eigenvalue weighted by molar-refractivity contribution is 8.01. The Balaban J connectivity index is 1.51. The molecule has 194 valence electrons. The van der Waals surface area contributed by atoms with Crippen molar-refractivity contribution in [1.29, 1.82) is 0 Å². The van der Waals surface area contributed by atoms with Gasteiger partial charge in [0.1, 0.15) is 17.5 Å². The summed E-state index contributed by atoms with van der Waals surface area (Å²) in [6.07, 6.45) is -0.718.